The van der Waals surface area contributed by atoms with Gasteiger partial charge in [0.15, 0.2) is 4.34 Å². The number of thioether (sulfide) groups is 2. The third-order valence-electron chi connectivity index (χ3n) is 3.33. The standard InChI is InChI=1S/C18H16ClN3OS3/c1-2-24-18-22-21-17(26-18)20-16(23)13-5-3-12(4-6-13)11-25-15-9-7-14(19)8-10-15/h3-10H,2,11H2,1H3,(H,20,21,23). The molecule has 0 atom stereocenters. The number of nitrogens with one attached hydrogen (secondary N) is 1. The highest BCUT2D eigenvalue weighted by Gasteiger charge is 2.10. The van der Waals surface area contributed by atoms with Crippen molar-refractivity contribution in [3.05, 3.63) is 64.7 Å². The maximum Gasteiger partial charge on any atom is 0.257 e. The van der Waals surface area contributed by atoms with Gasteiger partial charge in [0.2, 0.25) is 5.13 Å². The zero-order chi connectivity index (χ0) is 18.4. The lowest BCUT2D eigenvalue weighted by molar-refractivity contribution is 0.102. The molecule has 0 radical (unpaired) electrons. The molecule has 134 valence electrons. The van der Waals surface area contributed by atoms with Crippen LogP contribution in [0.5, 0.6) is 0 Å². The van der Waals surface area contributed by atoms with Crippen LogP contribution >= 0.6 is 46.5 Å². The van der Waals surface area contributed by atoms with E-state index in [0.717, 1.165) is 31.3 Å². The predicted molar refractivity (Wildman–Crippen MR) is 112 cm³/mol. The minimum absolute atomic E-state index is 0.175. The second-order valence-electron chi connectivity index (χ2n) is 5.20. The van der Waals surface area contributed by atoms with Crippen LogP contribution in [0.3, 0.4) is 0 Å². The van der Waals surface area contributed by atoms with Crippen LogP contribution in [0.1, 0.15) is 22.8 Å². The van der Waals surface area contributed by atoms with Gasteiger partial charge >= 0.3 is 0 Å². The molecule has 0 aliphatic carbocycles. The third-order valence-corrected chi connectivity index (χ3v) is 6.52. The summed E-state index contributed by atoms with van der Waals surface area (Å²) in [6, 6.07) is 15.4. The predicted octanol–water partition coefficient (Wildman–Crippen LogP) is 5.85. The van der Waals surface area contributed by atoms with Crippen molar-refractivity contribution in [2.75, 3.05) is 11.1 Å². The fourth-order valence-electron chi connectivity index (χ4n) is 2.06. The van der Waals surface area contributed by atoms with Crippen molar-refractivity contribution in [1.82, 2.24) is 10.2 Å². The minimum atomic E-state index is -0.175. The smallest absolute Gasteiger partial charge is 0.257 e. The van der Waals surface area contributed by atoms with Crippen LogP contribution in [0, 0.1) is 0 Å². The summed E-state index contributed by atoms with van der Waals surface area (Å²) >= 11 is 10.6. The molecule has 8 heteroatoms. The molecule has 4 nitrogen and oxygen atoms in total. The Morgan fingerprint density at radius 3 is 2.50 bits per heavy atom. The maximum absolute atomic E-state index is 12.3. The second-order valence-corrected chi connectivity index (χ2v) is 9.17. The number of hydrogen-bond donors (Lipinski definition) is 1. The first-order valence-electron chi connectivity index (χ1n) is 7.89. The Balaban J connectivity index is 1.55. The number of anilines is 1. The average Bonchev–Trinajstić information content (AvgIpc) is 3.09. The van der Waals surface area contributed by atoms with Crippen LogP contribution in [0.25, 0.3) is 0 Å². The number of amides is 1. The number of aromatic nitrogens is 2. The second kappa shape index (κ2) is 9.41. The van der Waals surface area contributed by atoms with Gasteiger partial charge in [0.25, 0.3) is 5.91 Å². The number of hydrogen-bond acceptors (Lipinski definition) is 6. The Morgan fingerprint density at radius 2 is 1.81 bits per heavy atom. The molecule has 3 rings (SSSR count). The van der Waals surface area contributed by atoms with Crippen molar-refractivity contribution < 1.29 is 4.79 Å². The van der Waals surface area contributed by atoms with Crippen molar-refractivity contribution in [3.63, 3.8) is 0 Å². The lowest BCUT2D eigenvalue weighted by atomic mass is 10.1. The maximum atomic E-state index is 12.3. The molecule has 0 saturated heterocycles. The highest BCUT2D eigenvalue weighted by Crippen LogP contribution is 2.26. The van der Waals surface area contributed by atoms with Crippen LogP contribution in [0.4, 0.5) is 5.13 Å². The first kappa shape index (κ1) is 19.2. The summed E-state index contributed by atoms with van der Waals surface area (Å²) in [5, 5.41) is 12.1. The van der Waals surface area contributed by atoms with Crippen molar-refractivity contribution in [2.45, 2.75) is 21.9 Å². The third kappa shape index (κ3) is 5.48. The molecule has 0 unspecified atom stereocenters. The monoisotopic (exact) mass is 421 g/mol. The van der Waals surface area contributed by atoms with E-state index in [0.29, 0.717) is 10.7 Å². The number of carbonyl (C=O) groups excluding carboxylic acids is 1. The van der Waals surface area contributed by atoms with Gasteiger partial charge in [-0.2, -0.15) is 0 Å². The first-order chi connectivity index (χ1) is 12.6. The molecule has 3 aromatic rings. The number of halogens is 1. The van der Waals surface area contributed by atoms with Crippen molar-refractivity contribution >= 4 is 57.5 Å². The molecule has 26 heavy (non-hydrogen) atoms. The van der Waals surface area contributed by atoms with Gasteiger partial charge in [0.05, 0.1) is 0 Å². The largest absolute Gasteiger partial charge is 0.296 e. The highest BCUT2D eigenvalue weighted by molar-refractivity contribution is 8.01. The summed E-state index contributed by atoms with van der Waals surface area (Å²) in [6.07, 6.45) is 0. The molecule has 0 fully saturated rings. The fraction of sp³-hybridized carbons (Fsp3) is 0.167. The van der Waals surface area contributed by atoms with Crippen molar-refractivity contribution in [3.8, 4) is 0 Å². The van der Waals surface area contributed by atoms with Crippen molar-refractivity contribution in [2.24, 2.45) is 0 Å². The van der Waals surface area contributed by atoms with Gasteiger partial charge in [-0.1, -0.05) is 53.8 Å². The van der Waals surface area contributed by atoms with Gasteiger partial charge in [-0.25, -0.2) is 0 Å². The summed E-state index contributed by atoms with van der Waals surface area (Å²) < 4.78 is 0.859. The molecule has 0 bridgehead atoms. The Hall–Kier alpha value is -1.54. The van der Waals surface area contributed by atoms with Crippen LogP contribution in [0.2, 0.25) is 5.02 Å². The SMILES string of the molecule is CCSc1nnc(NC(=O)c2ccc(CSc3ccc(Cl)cc3)cc2)s1. The first-order valence-corrected chi connectivity index (χ1v) is 11.1. The lowest BCUT2D eigenvalue weighted by Crippen LogP contribution is -2.11. The Labute approximate surface area is 169 Å². The van der Waals surface area contributed by atoms with Gasteiger partial charge in [0, 0.05) is 21.2 Å². The molecule has 1 N–H and O–H groups in total. The zero-order valence-electron chi connectivity index (χ0n) is 13.9. The van der Waals surface area contributed by atoms with E-state index in [4.69, 9.17) is 11.6 Å². The van der Waals surface area contributed by atoms with Gasteiger partial charge in [-0.15, -0.1) is 22.0 Å². The van der Waals surface area contributed by atoms with E-state index in [2.05, 4.69) is 22.4 Å². The van der Waals surface area contributed by atoms with Crippen LogP contribution < -0.4 is 5.32 Å². The van der Waals surface area contributed by atoms with Gasteiger partial charge in [0.1, 0.15) is 0 Å². The van der Waals surface area contributed by atoms with Crippen LogP contribution in [0.15, 0.2) is 57.8 Å². The summed E-state index contributed by atoms with van der Waals surface area (Å²) in [7, 11) is 0. The van der Waals surface area contributed by atoms with E-state index in [-0.39, 0.29) is 5.91 Å². The Morgan fingerprint density at radius 1 is 1.08 bits per heavy atom. The van der Waals surface area contributed by atoms with Gasteiger partial charge in [-0.05, 0) is 47.7 Å². The summed E-state index contributed by atoms with van der Waals surface area (Å²) in [5.41, 5.74) is 1.75. The quantitative estimate of drug-likeness (QED) is 0.383. The highest BCUT2D eigenvalue weighted by atomic mass is 35.5. The van der Waals surface area contributed by atoms with E-state index >= 15 is 0 Å². The molecule has 2 aromatic carbocycles. The molecule has 1 amide bonds. The Bertz CT molecular complexity index is 866. The molecule has 0 saturated carbocycles. The molecule has 1 aromatic heterocycles. The van der Waals surface area contributed by atoms with E-state index in [1.165, 1.54) is 11.3 Å². The van der Waals surface area contributed by atoms with E-state index < -0.39 is 0 Å². The topological polar surface area (TPSA) is 54.9 Å². The van der Waals surface area contributed by atoms with E-state index in [9.17, 15) is 4.79 Å². The molecular formula is C18H16ClN3OS3. The normalized spacial score (nSPS) is 10.7. The summed E-state index contributed by atoms with van der Waals surface area (Å²) in [4.78, 5) is 13.5. The zero-order valence-corrected chi connectivity index (χ0v) is 17.1. The molecule has 0 spiro atoms. The van der Waals surface area contributed by atoms with E-state index in [1.807, 2.05) is 48.5 Å². The molecule has 0 aliphatic heterocycles. The van der Waals surface area contributed by atoms with Crippen LogP contribution in [-0.4, -0.2) is 21.9 Å². The van der Waals surface area contributed by atoms with E-state index in [1.54, 1.807) is 23.5 Å². The lowest BCUT2D eigenvalue weighted by Gasteiger charge is -2.05. The van der Waals surface area contributed by atoms with Crippen molar-refractivity contribution in [1.29, 1.82) is 0 Å². The number of carbonyl (C=O) groups is 1. The number of nitrogens with zero attached hydrogens (tertiary/aromatic N) is 2. The minimum Gasteiger partial charge on any atom is -0.296 e. The number of rotatable bonds is 7. The Kier molecular flexibility index (Phi) is 6.96. The van der Waals surface area contributed by atoms with Crippen LogP contribution in [-0.2, 0) is 5.75 Å². The molecular weight excluding hydrogens is 406 g/mol. The van der Waals surface area contributed by atoms with Gasteiger partial charge < -0.3 is 0 Å². The fourth-order valence-corrected chi connectivity index (χ4v) is 4.69. The van der Waals surface area contributed by atoms with Gasteiger partial charge in [-0.3, -0.25) is 10.1 Å². The summed E-state index contributed by atoms with van der Waals surface area (Å²) in [5.74, 6) is 1.58. The average molecular weight is 422 g/mol. The molecule has 0 aliphatic rings. The number of benzene rings is 2. The molecule has 1 heterocycles. The summed E-state index contributed by atoms with van der Waals surface area (Å²) in [6.45, 7) is 2.05.